The predicted octanol–water partition coefficient (Wildman–Crippen LogP) is 3.60. The smallest absolute Gasteiger partial charge is 0.410 e. The Morgan fingerprint density at radius 1 is 0.967 bits per heavy atom. The molecule has 0 aromatic heterocycles. The molecule has 1 amide bonds. The van der Waals surface area contributed by atoms with Gasteiger partial charge in [0.25, 0.3) is 0 Å². The average molecular weight is 439 g/mol. The molecule has 2 heterocycles. The van der Waals surface area contributed by atoms with Gasteiger partial charge in [-0.15, -0.1) is 0 Å². The number of hydrogen-bond donors (Lipinski definition) is 0. The summed E-state index contributed by atoms with van der Waals surface area (Å²) in [6, 6.07) is 8.05. The van der Waals surface area contributed by atoms with Gasteiger partial charge >= 0.3 is 6.09 Å². The van der Waals surface area contributed by atoms with Gasteiger partial charge in [-0.05, 0) is 70.1 Å². The van der Waals surface area contributed by atoms with Gasteiger partial charge < -0.3 is 14.4 Å². The molecular formula is C22H34N2O5S. The normalized spacial score (nSPS) is 20.2. The SMILES string of the molecule is COc1ccc(C2CCN(S(=O)(=O)C3CCN(C(=O)OC(C)(C)C)CC3)CC2)cc1. The largest absolute Gasteiger partial charge is 0.497 e. The zero-order valence-corrected chi connectivity index (χ0v) is 19.3. The Bertz CT molecular complexity index is 816. The van der Waals surface area contributed by atoms with Crippen LogP contribution in [0.15, 0.2) is 24.3 Å². The van der Waals surface area contributed by atoms with Gasteiger partial charge in [-0.3, -0.25) is 0 Å². The van der Waals surface area contributed by atoms with Crippen LogP contribution in [-0.2, 0) is 14.8 Å². The standard InChI is InChI=1S/C22H34N2O5S/c1-22(2,3)29-21(25)23-13-11-20(12-14-23)30(26,27)24-15-9-18(10-16-24)17-5-7-19(28-4)8-6-17/h5-8,18,20H,9-16H2,1-4H3. The van der Waals surface area contributed by atoms with Gasteiger partial charge in [0.1, 0.15) is 11.4 Å². The van der Waals surface area contributed by atoms with E-state index in [1.54, 1.807) is 16.3 Å². The highest BCUT2D eigenvalue weighted by molar-refractivity contribution is 7.89. The molecule has 30 heavy (non-hydrogen) atoms. The van der Waals surface area contributed by atoms with Crippen molar-refractivity contribution in [1.82, 2.24) is 9.21 Å². The Labute approximate surface area is 180 Å². The molecule has 2 fully saturated rings. The van der Waals surface area contributed by atoms with Gasteiger partial charge in [-0.2, -0.15) is 0 Å². The molecule has 2 aliphatic rings. The quantitative estimate of drug-likeness (QED) is 0.718. The van der Waals surface area contributed by atoms with Crippen molar-refractivity contribution < 1.29 is 22.7 Å². The molecule has 0 atom stereocenters. The van der Waals surface area contributed by atoms with Crippen LogP contribution in [0.25, 0.3) is 0 Å². The minimum absolute atomic E-state index is 0.362. The van der Waals surface area contributed by atoms with E-state index in [9.17, 15) is 13.2 Å². The van der Waals surface area contributed by atoms with Gasteiger partial charge in [0.05, 0.1) is 12.4 Å². The van der Waals surface area contributed by atoms with Crippen LogP contribution in [0.1, 0.15) is 57.9 Å². The third-order valence-corrected chi connectivity index (χ3v) is 8.31. The number of likely N-dealkylation sites (tertiary alicyclic amines) is 1. The second-order valence-corrected chi connectivity index (χ2v) is 11.4. The summed E-state index contributed by atoms with van der Waals surface area (Å²) < 4.78 is 38.6. The molecule has 0 radical (unpaired) electrons. The number of carbonyl (C=O) groups excluding carboxylic acids is 1. The molecule has 0 N–H and O–H groups in total. The second-order valence-electron chi connectivity index (χ2n) is 9.16. The Balaban J connectivity index is 1.52. The van der Waals surface area contributed by atoms with E-state index in [2.05, 4.69) is 12.1 Å². The number of methoxy groups -OCH3 is 1. The summed E-state index contributed by atoms with van der Waals surface area (Å²) in [5.74, 6) is 1.20. The van der Waals surface area contributed by atoms with E-state index in [0.29, 0.717) is 44.9 Å². The van der Waals surface area contributed by atoms with Gasteiger partial charge in [0, 0.05) is 26.2 Å². The summed E-state index contributed by atoms with van der Waals surface area (Å²) in [4.78, 5) is 13.8. The van der Waals surface area contributed by atoms with E-state index < -0.39 is 20.9 Å². The van der Waals surface area contributed by atoms with Crippen molar-refractivity contribution in [3.63, 3.8) is 0 Å². The molecule has 0 saturated carbocycles. The number of rotatable bonds is 4. The molecule has 0 unspecified atom stereocenters. The maximum atomic E-state index is 13.1. The van der Waals surface area contributed by atoms with E-state index in [4.69, 9.17) is 9.47 Å². The number of carbonyl (C=O) groups is 1. The lowest BCUT2D eigenvalue weighted by Gasteiger charge is -2.37. The summed E-state index contributed by atoms with van der Waals surface area (Å²) >= 11 is 0. The van der Waals surface area contributed by atoms with Crippen LogP contribution < -0.4 is 4.74 Å². The van der Waals surface area contributed by atoms with Gasteiger partial charge in [0.2, 0.25) is 10.0 Å². The highest BCUT2D eigenvalue weighted by Crippen LogP contribution is 2.32. The zero-order chi connectivity index (χ0) is 21.9. The topological polar surface area (TPSA) is 76.2 Å². The molecule has 0 spiro atoms. The number of nitrogens with zero attached hydrogens (tertiary/aromatic N) is 2. The number of hydrogen-bond acceptors (Lipinski definition) is 5. The van der Waals surface area contributed by atoms with Crippen molar-refractivity contribution >= 4 is 16.1 Å². The summed E-state index contributed by atoms with van der Waals surface area (Å²) in [5.41, 5.74) is 0.687. The van der Waals surface area contributed by atoms with Gasteiger partial charge in [0.15, 0.2) is 0 Å². The van der Waals surface area contributed by atoms with Gasteiger partial charge in [-0.25, -0.2) is 17.5 Å². The molecule has 0 aliphatic carbocycles. The molecule has 3 rings (SSSR count). The third-order valence-electron chi connectivity index (χ3n) is 5.92. The molecule has 2 saturated heterocycles. The zero-order valence-electron chi connectivity index (χ0n) is 18.5. The number of ether oxygens (including phenoxy) is 2. The van der Waals surface area contributed by atoms with Crippen molar-refractivity contribution in [2.75, 3.05) is 33.3 Å². The fourth-order valence-corrected chi connectivity index (χ4v) is 6.14. The Hall–Kier alpha value is -1.80. The highest BCUT2D eigenvalue weighted by atomic mass is 32.2. The maximum absolute atomic E-state index is 13.1. The molecule has 8 heteroatoms. The third kappa shape index (κ3) is 5.46. The lowest BCUT2D eigenvalue weighted by molar-refractivity contribution is 0.0216. The van der Waals surface area contributed by atoms with Crippen LogP contribution in [0.2, 0.25) is 0 Å². The first kappa shape index (κ1) is 22.9. The van der Waals surface area contributed by atoms with E-state index >= 15 is 0 Å². The molecule has 0 bridgehead atoms. The van der Waals surface area contributed by atoms with Crippen LogP contribution in [0, 0.1) is 0 Å². The van der Waals surface area contributed by atoms with Crippen LogP contribution in [-0.4, -0.2) is 67.9 Å². The Morgan fingerprint density at radius 2 is 1.53 bits per heavy atom. The van der Waals surface area contributed by atoms with E-state index in [1.165, 1.54) is 5.56 Å². The summed E-state index contributed by atoms with van der Waals surface area (Å²) in [5, 5.41) is -0.422. The van der Waals surface area contributed by atoms with Crippen LogP contribution in [0.5, 0.6) is 5.75 Å². The van der Waals surface area contributed by atoms with E-state index in [0.717, 1.165) is 18.6 Å². The molecule has 7 nitrogen and oxygen atoms in total. The Morgan fingerprint density at radius 3 is 2.03 bits per heavy atom. The van der Waals surface area contributed by atoms with Crippen LogP contribution >= 0.6 is 0 Å². The monoisotopic (exact) mass is 438 g/mol. The van der Waals surface area contributed by atoms with Crippen molar-refractivity contribution in [3.05, 3.63) is 29.8 Å². The fourth-order valence-electron chi connectivity index (χ4n) is 4.19. The predicted molar refractivity (Wildman–Crippen MR) is 116 cm³/mol. The minimum atomic E-state index is -3.35. The van der Waals surface area contributed by atoms with Crippen molar-refractivity contribution in [2.45, 2.75) is 63.2 Å². The molecule has 1 aromatic rings. The fraction of sp³-hybridized carbons (Fsp3) is 0.682. The number of benzene rings is 1. The van der Waals surface area contributed by atoms with Crippen LogP contribution in [0.4, 0.5) is 4.79 Å². The lowest BCUT2D eigenvalue weighted by Crippen LogP contribution is -2.49. The van der Waals surface area contributed by atoms with Crippen molar-refractivity contribution in [2.24, 2.45) is 0 Å². The lowest BCUT2D eigenvalue weighted by atomic mass is 9.90. The van der Waals surface area contributed by atoms with Crippen LogP contribution in [0.3, 0.4) is 0 Å². The first-order valence-corrected chi connectivity index (χ1v) is 12.2. The first-order chi connectivity index (χ1) is 14.1. The average Bonchev–Trinajstić information content (AvgIpc) is 2.73. The van der Waals surface area contributed by atoms with E-state index in [-0.39, 0.29) is 6.09 Å². The molecule has 1 aromatic carbocycles. The van der Waals surface area contributed by atoms with Gasteiger partial charge in [-0.1, -0.05) is 12.1 Å². The molecular weight excluding hydrogens is 404 g/mol. The number of sulfonamides is 1. The summed E-state index contributed by atoms with van der Waals surface area (Å²) in [7, 11) is -1.70. The minimum Gasteiger partial charge on any atom is -0.497 e. The highest BCUT2D eigenvalue weighted by Gasteiger charge is 2.38. The van der Waals surface area contributed by atoms with E-state index in [1.807, 2.05) is 32.9 Å². The summed E-state index contributed by atoms with van der Waals surface area (Å²) in [6.07, 6.45) is 2.20. The molecule has 2 aliphatic heterocycles. The number of piperidine rings is 2. The maximum Gasteiger partial charge on any atom is 0.410 e. The number of amides is 1. The van der Waals surface area contributed by atoms with Crippen molar-refractivity contribution in [3.8, 4) is 5.75 Å². The van der Waals surface area contributed by atoms with Crippen molar-refractivity contribution in [1.29, 1.82) is 0 Å². The first-order valence-electron chi connectivity index (χ1n) is 10.7. The molecule has 168 valence electrons. The second kappa shape index (κ2) is 9.14. The Kier molecular flexibility index (Phi) is 6.97. The summed E-state index contributed by atoms with van der Waals surface area (Å²) in [6.45, 7) is 7.42.